The van der Waals surface area contributed by atoms with Crippen LogP contribution in [0.4, 0.5) is 20.7 Å². The fourth-order valence-electron chi connectivity index (χ4n) is 2.78. The van der Waals surface area contributed by atoms with Gasteiger partial charge in [-0.1, -0.05) is 35.3 Å². The molecule has 32 heavy (non-hydrogen) atoms. The highest BCUT2D eigenvalue weighted by atomic mass is 35.5. The molecule has 2 aromatic heterocycles. The van der Waals surface area contributed by atoms with Crippen LogP contribution in [0.15, 0.2) is 49.1 Å². The number of hydrogen-bond donors (Lipinski definition) is 2. The average Bonchev–Trinajstić information content (AvgIpc) is 3.37. The summed E-state index contributed by atoms with van der Waals surface area (Å²) >= 11 is 17.3. The summed E-state index contributed by atoms with van der Waals surface area (Å²) in [5, 5.41) is 14.7. The van der Waals surface area contributed by atoms with E-state index in [1.54, 1.807) is 12.1 Å². The summed E-state index contributed by atoms with van der Waals surface area (Å²) in [6, 6.07) is 8.90. The van der Waals surface area contributed by atoms with Gasteiger partial charge in [0.15, 0.2) is 5.11 Å². The van der Waals surface area contributed by atoms with Crippen molar-refractivity contribution in [2.45, 2.75) is 13.1 Å². The molecular weight excluding hydrogens is 481 g/mol. The minimum absolute atomic E-state index is 0.102. The summed E-state index contributed by atoms with van der Waals surface area (Å²) in [4.78, 5) is 8.16. The molecule has 4 rings (SSSR count). The van der Waals surface area contributed by atoms with Crippen LogP contribution in [0.5, 0.6) is 0 Å². The lowest BCUT2D eigenvalue weighted by molar-refractivity contribution is 0.585. The van der Waals surface area contributed by atoms with Crippen molar-refractivity contribution in [3.63, 3.8) is 0 Å². The summed E-state index contributed by atoms with van der Waals surface area (Å²) in [6.07, 6.45) is 2.83. The van der Waals surface area contributed by atoms with E-state index >= 15 is 0 Å². The molecule has 13 heteroatoms. The van der Waals surface area contributed by atoms with Gasteiger partial charge in [-0.05, 0) is 36.5 Å². The van der Waals surface area contributed by atoms with E-state index in [1.165, 1.54) is 46.3 Å². The van der Waals surface area contributed by atoms with Crippen LogP contribution in [0, 0.1) is 11.6 Å². The Hall–Kier alpha value is -3.15. The second-order valence-electron chi connectivity index (χ2n) is 6.51. The molecule has 2 aromatic carbocycles. The Morgan fingerprint density at radius 1 is 0.812 bits per heavy atom. The maximum Gasteiger partial charge on any atom is 0.248 e. The van der Waals surface area contributed by atoms with Gasteiger partial charge in [-0.2, -0.15) is 0 Å². The van der Waals surface area contributed by atoms with Crippen LogP contribution < -0.4 is 10.6 Å². The molecule has 2 N–H and O–H groups in total. The van der Waals surface area contributed by atoms with Crippen LogP contribution in [-0.4, -0.2) is 34.6 Å². The first-order valence-corrected chi connectivity index (χ1v) is 10.3. The fraction of sp³-hybridized carbons (Fsp3) is 0.105. The maximum atomic E-state index is 13.9. The first-order valence-electron chi connectivity index (χ1n) is 9.11. The smallest absolute Gasteiger partial charge is 0.248 e. The van der Waals surface area contributed by atoms with Crippen molar-refractivity contribution in [1.82, 2.24) is 29.5 Å². The number of nitrogens with one attached hydrogen (secondary N) is 2. The van der Waals surface area contributed by atoms with Crippen LogP contribution in [-0.2, 0) is 13.1 Å². The Kier molecular flexibility index (Phi) is 6.58. The molecule has 0 radical (unpaired) electrons. The van der Waals surface area contributed by atoms with E-state index in [-0.39, 0.29) is 30.1 Å². The minimum atomic E-state index is -0.432. The van der Waals surface area contributed by atoms with Gasteiger partial charge in [0, 0.05) is 21.2 Å². The van der Waals surface area contributed by atoms with Gasteiger partial charge in [0.1, 0.15) is 24.3 Å². The van der Waals surface area contributed by atoms with Gasteiger partial charge in [-0.3, -0.25) is 10.6 Å². The van der Waals surface area contributed by atoms with Crippen molar-refractivity contribution in [2.24, 2.45) is 0 Å². The quantitative estimate of drug-likeness (QED) is 0.385. The molecule has 8 nitrogen and oxygen atoms in total. The third-order valence-electron chi connectivity index (χ3n) is 4.29. The first kappa shape index (κ1) is 22.1. The Bertz CT molecular complexity index is 1140. The summed E-state index contributed by atoms with van der Waals surface area (Å²) < 4.78 is 30.7. The summed E-state index contributed by atoms with van der Waals surface area (Å²) in [5.41, 5.74) is 0.604. The topological polar surface area (TPSA) is 85.5 Å². The molecule has 0 saturated heterocycles. The molecule has 0 aliphatic carbocycles. The van der Waals surface area contributed by atoms with Crippen LogP contribution in [0.1, 0.15) is 11.1 Å². The van der Waals surface area contributed by atoms with Gasteiger partial charge in [0.2, 0.25) is 11.9 Å². The van der Waals surface area contributed by atoms with Gasteiger partial charge < -0.3 is 0 Å². The largest absolute Gasteiger partial charge is 0.300 e. The molecule has 0 amide bonds. The third kappa shape index (κ3) is 5.18. The number of benzene rings is 2. The van der Waals surface area contributed by atoms with Crippen LogP contribution in [0.2, 0.25) is 10.0 Å². The number of nitrogens with zero attached hydrogens (tertiary/aromatic N) is 6. The fourth-order valence-corrected chi connectivity index (χ4v) is 3.41. The summed E-state index contributed by atoms with van der Waals surface area (Å²) in [7, 11) is 0. The molecule has 0 unspecified atom stereocenters. The number of halogens is 4. The Morgan fingerprint density at radius 3 is 1.66 bits per heavy atom. The van der Waals surface area contributed by atoms with Crippen LogP contribution in [0.25, 0.3) is 0 Å². The zero-order chi connectivity index (χ0) is 22.7. The van der Waals surface area contributed by atoms with Gasteiger partial charge in [-0.25, -0.2) is 28.1 Å². The van der Waals surface area contributed by atoms with Crippen LogP contribution >= 0.6 is 35.4 Å². The molecule has 0 saturated carbocycles. The Morgan fingerprint density at radius 2 is 1.25 bits per heavy atom. The summed E-state index contributed by atoms with van der Waals surface area (Å²) in [5.74, 6) is -0.490. The molecule has 0 aliphatic heterocycles. The van der Waals surface area contributed by atoms with Crippen molar-refractivity contribution < 1.29 is 8.78 Å². The molecule has 0 atom stereocenters. The standard InChI is InChI=1S/C19H14Cl2F2N8S/c20-13-3-1-5-15(22)11(13)7-30-9-24-17(28-30)26-19(32)27-18-25-10-31(29-18)8-12-14(21)4-2-6-16(12)23/h1-6,9-10H,7-8H2,(H2,26,27,28,29,32). The monoisotopic (exact) mass is 494 g/mol. The molecule has 0 bridgehead atoms. The highest BCUT2D eigenvalue weighted by molar-refractivity contribution is 7.80. The van der Waals surface area contributed by atoms with Gasteiger partial charge in [0.25, 0.3) is 0 Å². The van der Waals surface area contributed by atoms with E-state index in [0.717, 1.165) is 0 Å². The maximum absolute atomic E-state index is 13.9. The number of aromatic nitrogens is 6. The molecule has 4 aromatic rings. The Labute approximate surface area is 196 Å². The van der Waals surface area contributed by atoms with E-state index in [9.17, 15) is 8.78 Å². The molecule has 164 valence electrons. The van der Waals surface area contributed by atoms with E-state index in [2.05, 4.69) is 30.8 Å². The number of thiocarbonyl (C=S) groups is 1. The third-order valence-corrected chi connectivity index (χ3v) is 5.20. The van der Waals surface area contributed by atoms with Crippen molar-refractivity contribution in [3.8, 4) is 0 Å². The zero-order valence-electron chi connectivity index (χ0n) is 16.1. The molecular formula is C19H14Cl2F2N8S. The number of hydrogen-bond acceptors (Lipinski definition) is 5. The lowest BCUT2D eigenvalue weighted by Crippen LogP contribution is -2.21. The van der Waals surface area contributed by atoms with Crippen molar-refractivity contribution in [2.75, 3.05) is 10.6 Å². The van der Waals surface area contributed by atoms with Crippen molar-refractivity contribution in [3.05, 3.63) is 81.9 Å². The molecule has 0 spiro atoms. The lowest BCUT2D eigenvalue weighted by Gasteiger charge is -2.06. The first-order chi connectivity index (χ1) is 15.4. The van der Waals surface area contributed by atoms with Crippen LogP contribution in [0.3, 0.4) is 0 Å². The molecule has 0 aliphatic rings. The summed E-state index contributed by atoms with van der Waals surface area (Å²) in [6.45, 7) is 0.204. The van der Waals surface area contributed by atoms with Crippen molar-refractivity contribution in [1.29, 1.82) is 0 Å². The lowest BCUT2D eigenvalue weighted by atomic mass is 10.2. The molecule has 0 fully saturated rings. The highest BCUT2D eigenvalue weighted by Gasteiger charge is 2.12. The van der Waals surface area contributed by atoms with Crippen molar-refractivity contribution >= 4 is 52.4 Å². The van der Waals surface area contributed by atoms with E-state index in [0.29, 0.717) is 21.2 Å². The normalized spacial score (nSPS) is 10.9. The van der Waals surface area contributed by atoms with Gasteiger partial charge in [0.05, 0.1) is 13.1 Å². The van der Waals surface area contributed by atoms with E-state index in [4.69, 9.17) is 35.4 Å². The zero-order valence-corrected chi connectivity index (χ0v) is 18.5. The number of rotatable bonds is 6. The van der Waals surface area contributed by atoms with Gasteiger partial charge in [-0.15, -0.1) is 10.2 Å². The Balaban J connectivity index is 1.36. The highest BCUT2D eigenvalue weighted by Crippen LogP contribution is 2.21. The second-order valence-corrected chi connectivity index (χ2v) is 7.73. The number of anilines is 2. The van der Waals surface area contributed by atoms with E-state index < -0.39 is 11.6 Å². The van der Waals surface area contributed by atoms with E-state index in [1.807, 2.05) is 0 Å². The van der Waals surface area contributed by atoms with Gasteiger partial charge >= 0.3 is 0 Å². The predicted octanol–water partition coefficient (Wildman–Crippen LogP) is 4.36. The molecule has 2 heterocycles. The predicted molar refractivity (Wildman–Crippen MR) is 121 cm³/mol. The second kappa shape index (κ2) is 9.55. The SMILES string of the molecule is Fc1cccc(Cl)c1Cn1cnc(NC(=S)Nc2ncn(Cc3c(F)cccc3Cl)n2)n1. The minimum Gasteiger partial charge on any atom is -0.300 e. The average molecular weight is 495 g/mol.